The van der Waals surface area contributed by atoms with Gasteiger partial charge in [0.15, 0.2) is 0 Å². The maximum atomic E-state index is 11.4. The van der Waals surface area contributed by atoms with E-state index in [4.69, 9.17) is 5.11 Å². The lowest BCUT2D eigenvalue weighted by atomic mass is 10.3. The van der Waals surface area contributed by atoms with Crippen LogP contribution in [0.5, 0.6) is 0 Å². The first kappa shape index (κ1) is 7.30. The first-order chi connectivity index (χ1) is 4.16. The molecule has 0 bridgehead atoms. The van der Waals surface area contributed by atoms with Crippen molar-refractivity contribution in [3.63, 3.8) is 0 Å². The second-order valence-corrected chi connectivity index (χ2v) is 6.28. The Hall–Kier alpha value is 0.190. The van der Waals surface area contributed by atoms with Crippen molar-refractivity contribution in [2.45, 2.75) is 19.4 Å². The SMILES string of the molecule is CCP1(=O)CCC(O)C1. The van der Waals surface area contributed by atoms with E-state index in [2.05, 4.69) is 0 Å². The molecule has 2 atom stereocenters. The summed E-state index contributed by atoms with van der Waals surface area (Å²) in [6.07, 6.45) is 2.60. The third-order valence-corrected chi connectivity index (χ3v) is 5.30. The lowest BCUT2D eigenvalue weighted by Gasteiger charge is -2.05. The molecule has 0 aromatic carbocycles. The largest absolute Gasteiger partial charge is 0.393 e. The molecule has 1 heterocycles. The van der Waals surface area contributed by atoms with E-state index < -0.39 is 7.14 Å². The minimum atomic E-state index is -1.86. The van der Waals surface area contributed by atoms with E-state index in [1.54, 1.807) is 0 Å². The zero-order chi connectivity index (χ0) is 6.91. The van der Waals surface area contributed by atoms with Gasteiger partial charge >= 0.3 is 0 Å². The fourth-order valence-electron chi connectivity index (χ4n) is 1.24. The van der Waals surface area contributed by atoms with Crippen molar-refractivity contribution in [1.82, 2.24) is 0 Å². The molecular weight excluding hydrogens is 135 g/mol. The Balaban J connectivity index is 2.55. The molecular formula is C6H13O2P. The Labute approximate surface area is 55.6 Å². The zero-order valence-electron chi connectivity index (χ0n) is 5.71. The molecule has 2 nitrogen and oxygen atoms in total. The number of hydrogen-bond donors (Lipinski definition) is 1. The Bertz CT molecular complexity index is 144. The molecule has 3 heteroatoms. The summed E-state index contributed by atoms with van der Waals surface area (Å²) >= 11 is 0. The van der Waals surface area contributed by atoms with Crippen LogP contribution in [0.2, 0.25) is 0 Å². The minimum Gasteiger partial charge on any atom is -0.393 e. The van der Waals surface area contributed by atoms with Gasteiger partial charge in [-0.1, -0.05) is 6.92 Å². The van der Waals surface area contributed by atoms with Crippen molar-refractivity contribution < 1.29 is 9.67 Å². The summed E-state index contributed by atoms with van der Waals surface area (Å²) in [5, 5.41) is 9.02. The summed E-state index contributed by atoms with van der Waals surface area (Å²) in [4.78, 5) is 0. The number of rotatable bonds is 1. The fourth-order valence-corrected chi connectivity index (χ4v) is 3.71. The molecule has 0 amide bonds. The van der Waals surface area contributed by atoms with Crippen LogP contribution in [0.3, 0.4) is 0 Å². The quantitative estimate of drug-likeness (QED) is 0.566. The smallest absolute Gasteiger partial charge is 0.0901 e. The van der Waals surface area contributed by atoms with Gasteiger partial charge in [0.1, 0.15) is 0 Å². The second kappa shape index (κ2) is 2.43. The Morgan fingerprint density at radius 1 is 1.78 bits per heavy atom. The van der Waals surface area contributed by atoms with Gasteiger partial charge in [0, 0.05) is 12.3 Å². The normalized spacial score (nSPS) is 43.6. The lowest BCUT2D eigenvalue weighted by Crippen LogP contribution is -2.02. The van der Waals surface area contributed by atoms with Gasteiger partial charge in [-0.25, -0.2) is 0 Å². The predicted octanol–water partition coefficient (Wildman–Crippen LogP) is 1.13. The Morgan fingerprint density at radius 2 is 2.44 bits per heavy atom. The molecule has 1 rings (SSSR count). The molecule has 0 aromatic rings. The average molecular weight is 148 g/mol. The van der Waals surface area contributed by atoms with Gasteiger partial charge in [-0.3, -0.25) is 0 Å². The summed E-state index contributed by atoms with van der Waals surface area (Å²) in [5.74, 6) is 0. The first-order valence-corrected chi connectivity index (χ1v) is 5.68. The van der Waals surface area contributed by atoms with Gasteiger partial charge in [-0.15, -0.1) is 0 Å². The van der Waals surface area contributed by atoms with E-state index in [1.165, 1.54) is 0 Å². The highest BCUT2D eigenvalue weighted by molar-refractivity contribution is 7.64. The highest BCUT2D eigenvalue weighted by Crippen LogP contribution is 2.51. The van der Waals surface area contributed by atoms with Crippen molar-refractivity contribution in [2.24, 2.45) is 0 Å². The molecule has 0 saturated carbocycles. The first-order valence-electron chi connectivity index (χ1n) is 3.41. The van der Waals surface area contributed by atoms with E-state index in [-0.39, 0.29) is 6.10 Å². The number of hydrogen-bond acceptors (Lipinski definition) is 2. The van der Waals surface area contributed by atoms with E-state index in [0.717, 1.165) is 18.7 Å². The molecule has 9 heavy (non-hydrogen) atoms. The Morgan fingerprint density at radius 3 is 2.67 bits per heavy atom. The van der Waals surface area contributed by atoms with Crippen LogP contribution >= 0.6 is 7.14 Å². The number of aliphatic hydroxyl groups is 1. The van der Waals surface area contributed by atoms with Crippen LogP contribution in [0.4, 0.5) is 0 Å². The molecule has 1 N–H and O–H groups in total. The van der Waals surface area contributed by atoms with Crippen LogP contribution in [0, 0.1) is 0 Å². The van der Waals surface area contributed by atoms with Crippen LogP contribution in [0.25, 0.3) is 0 Å². The van der Waals surface area contributed by atoms with Crippen molar-refractivity contribution >= 4 is 7.14 Å². The molecule has 0 aromatic heterocycles. The maximum absolute atomic E-state index is 11.4. The lowest BCUT2D eigenvalue weighted by molar-refractivity contribution is 0.202. The van der Waals surface area contributed by atoms with Crippen LogP contribution in [-0.2, 0) is 4.57 Å². The average Bonchev–Trinajstić information content (AvgIpc) is 2.13. The molecule has 1 aliphatic heterocycles. The standard InChI is InChI=1S/C6H13O2P/c1-2-9(8)4-3-6(7)5-9/h6-7H,2-5H2,1H3. The summed E-state index contributed by atoms with van der Waals surface area (Å²) in [7, 11) is -1.86. The third-order valence-electron chi connectivity index (χ3n) is 1.99. The molecule has 1 saturated heterocycles. The van der Waals surface area contributed by atoms with E-state index in [0.29, 0.717) is 6.16 Å². The van der Waals surface area contributed by atoms with E-state index in [1.807, 2.05) is 6.92 Å². The van der Waals surface area contributed by atoms with Gasteiger partial charge in [0.05, 0.1) is 13.2 Å². The highest BCUT2D eigenvalue weighted by atomic mass is 31.2. The van der Waals surface area contributed by atoms with Gasteiger partial charge in [0.2, 0.25) is 0 Å². The topological polar surface area (TPSA) is 37.3 Å². The molecule has 1 fully saturated rings. The monoisotopic (exact) mass is 148 g/mol. The Kier molecular flexibility index (Phi) is 1.97. The zero-order valence-corrected chi connectivity index (χ0v) is 6.60. The second-order valence-electron chi connectivity index (χ2n) is 2.72. The van der Waals surface area contributed by atoms with Crippen molar-refractivity contribution in [3.05, 3.63) is 0 Å². The van der Waals surface area contributed by atoms with Gasteiger partial charge in [-0.2, -0.15) is 0 Å². The van der Waals surface area contributed by atoms with E-state index in [9.17, 15) is 4.57 Å². The van der Waals surface area contributed by atoms with E-state index >= 15 is 0 Å². The van der Waals surface area contributed by atoms with Crippen LogP contribution in [0.1, 0.15) is 13.3 Å². The predicted molar refractivity (Wildman–Crippen MR) is 38.5 cm³/mol. The van der Waals surface area contributed by atoms with Crippen LogP contribution in [-0.4, -0.2) is 29.7 Å². The van der Waals surface area contributed by atoms with Gasteiger partial charge < -0.3 is 9.67 Å². The highest BCUT2D eigenvalue weighted by Gasteiger charge is 2.30. The van der Waals surface area contributed by atoms with Crippen LogP contribution in [0.15, 0.2) is 0 Å². The summed E-state index contributed by atoms with van der Waals surface area (Å²) in [5.41, 5.74) is 0. The summed E-state index contributed by atoms with van der Waals surface area (Å²) in [6.45, 7) is 1.94. The molecule has 0 spiro atoms. The van der Waals surface area contributed by atoms with Crippen molar-refractivity contribution in [2.75, 3.05) is 18.5 Å². The summed E-state index contributed by atoms with van der Waals surface area (Å²) < 4.78 is 11.4. The maximum Gasteiger partial charge on any atom is 0.0901 e. The van der Waals surface area contributed by atoms with Crippen molar-refractivity contribution in [3.8, 4) is 0 Å². The molecule has 0 radical (unpaired) electrons. The minimum absolute atomic E-state index is 0.268. The molecule has 0 aliphatic carbocycles. The van der Waals surface area contributed by atoms with Crippen molar-refractivity contribution in [1.29, 1.82) is 0 Å². The van der Waals surface area contributed by atoms with Gasteiger partial charge in [0.25, 0.3) is 0 Å². The fraction of sp³-hybridized carbons (Fsp3) is 1.00. The molecule has 2 unspecified atom stereocenters. The summed E-state index contributed by atoms with van der Waals surface area (Å²) in [6, 6.07) is 0. The van der Waals surface area contributed by atoms with Crippen LogP contribution < -0.4 is 0 Å². The molecule has 1 aliphatic rings. The third kappa shape index (κ3) is 1.56. The molecule has 54 valence electrons. The number of aliphatic hydroxyl groups excluding tert-OH is 1. The van der Waals surface area contributed by atoms with Gasteiger partial charge in [-0.05, 0) is 12.6 Å².